The van der Waals surface area contributed by atoms with Gasteiger partial charge in [-0.15, -0.1) is 0 Å². The molecule has 0 aromatic heterocycles. The largest absolute Gasteiger partial charge is 0.371 e. The Hall–Kier alpha value is -0.890. The molecule has 0 saturated heterocycles. The van der Waals surface area contributed by atoms with Crippen molar-refractivity contribution in [2.24, 2.45) is 11.1 Å². The fraction of sp³-hybridized carbons (Fsp3) is 0.538. The minimum absolute atomic E-state index is 0.0171. The van der Waals surface area contributed by atoms with Crippen LogP contribution in [-0.4, -0.2) is 24.6 Å². The second-order valence-corrected chi connectivity index (χ2v) is 6.44. The molecule has 2 N–H and O–H groups in total. The van der Waals surface area contributed by atoms with Gasteiger partial charge in [-0.3, -0.25) is 10.1 Å². The van der Waals surface area contributed by atoms with Crippen molar-refractivity contribution in [2.75, 3.05) is 24.5 Å². The Balaban J connectivity index is 3.00. The molecule has 0 heterocycles. The summed E-state index contributed by atoms with van der Waals surface area (Å²) in [5.74, 6) is 0. The Labute approximate surface area is 127 Å². The van der Waals surface area contributed by atoms with E-state index in [2.05, 4.69) is 25.7 Å². The molecule has 19 heavy (non-hydrogen) atoms. The molecule has 0 aliphatic heterocycles. The summed E-state index contributed by atoms with van der Waals surface area (Å²) >= 11 is 2.00. The number of hydrogen-bond acceptors (Lipinski definition) is 4. The molecule has 106 valence electrons. The zero-order valence-electron chi connectivity index (χ0n) is 11.5. The number of anilines is 1. The van der Waals surface area contributed by atoms with Crippen molar-refractivity contribution >= 4 is 34.0 Å². The van der Waals surface area contributed by atoms with Crippen molar-refractivity contribution in [3.05, 3.63) is 31.9 Å². The Morgan fingerprint density at radius 3 is 2.53 bits per heavy atom. The third kappa shape index (κ3) is 4.31. The van der Waals surface area contributed by atoms with E-state index in [0.29, 0.717) is 10.1 Å². The van der Waals surface area contributed by atoms with Crippen molar-refractivity contribution in [3.63, 3.8) is 0 Å². The summed E-state index contributed by atoms with van der Waals surface area (Å²) in [7, 11) is 0. The van der Waals surface area contributed by atoms with Gasteiger partial charge in [0.05, 0.1) is 8.49 Å². The van der Waals surface area contributed by atoms with Crippen LogP contribution in [0.5, 0.6) is 0 Å². The van der Waals surface area contributed by atoms with Crippen LogP contribution in [0.2, 0.25) is 0 Å². The van der Waals surface area contributed by atoms with Crippen LogP contribution in [0, 0.1) is 19.1 Å². The van der Waals surface area contributed by atoms with E-state index in [0.717, 1.165) is 18.8 Å². The SMILES string of the molecule is CCN(CC(C)(C)CN)c1ccc([N+](=O)[O-])c(I)c1. The van der Waals surface area contributed by atoms with Crippen LogP contribution in [0.4, 0.5) is 11.4 Å². The summed E-state index contributed by atoms with van der Waals surface area (Å²) < 4.78 is 0.657. The number of benzene rings is 1. The molecule has 1 aromatic carbocycles. The predicted octanol–water partition coefficient (Wildman–Crippen LogP) is 3.01. The van der Waals surface area contributed by atoms with Gasteiger partial charge in [0, 0.05) is 24.8 Å². The van der Waals surface area contributed by atoms with Gasteiger partial charge in [-0.2, -0.15) is 0 Å². The Morgan fingerprint density at radius 2 is 2.11 bits per heavy atom. The summed E-state index contributed by atoms with van der Waals surface area (Å²) in [5, 5.41) is 10.8. The number of nitrogens with zero attached hydrogens (tertiary/aromatic N) is 2. The standard InChI is InChI=1S/C13H20IN3O2/c1-4-16(9-13(2,3)8-15)10-5-6-12(17(18)19)11(14)7-10/h5-7H,4,8-9,15H2,1-3H3. The lowest BCUT2D eigenvalue weighted by molar-refractivity contribution is -0.385. The van der Waals surface area contributed by atoms with Crippen LogP contribution >= 0.6 is 22.6 Å². The van der Waals surface area contributed by atoms with E-state index < -0.39 is 0 Å². The minimum atomic E-state index is -0.355. The molecule has 1 aromatic rings. The molecule has 0 radical (unpaired) electrons. The first-order valence-electron chi connectivity index (χ1n) is 6.19. The topological polar surface area (TPSA) is 72.4 Å². The maximum Gasteiger partial charge on any atom is 0.282 e. The fourth-order valence-electron chi connectivity index (χ4n) is 1.81. The quantitative estimate of drug-likeness (QED) is 0.470. The highest BCUT2D eigenvalue weighted by Gasteiger charge is 2.21. The van der Waals surface area contributed by atoms with Crippen LogP contribution in [0.25, 0.3) is 0 Å². The minimum Gasteiger partial charge on any atom is -0.371 e. The van der Waals surface area contributed by atoms with Gasteiger partial charge in [0.2, 0.25) is 0 Å². The second-order valence-electron chi connectivity index (χ2n) is 5.28. The molecule has 0 spiro atoms. The molecule has 0 bridgehead atoms. The lowest BCUT2D eigenvalue weighted by atomic mass is 9.93. The van der Waals surface area contributed by atoms with Crippen LogP contribution in [0.1, 0.15) is 20.8 Å². The van der Waals surface area contributed by atoms with Crippen LogP contribution in [-0.2, 0) is 0 Å². The Bertz CT molecular complexity index is 463. The van der Waals surface area contributed by atoms with E-state index in [1.165, 1.54) is 0 Å². The molecule has 0 saturated carbocycles. The second kappa shape index (κ2) is 6.51. The average molecular weight is 377 g/mol. The van der Waals surface area contributed by atoms with Crippen molar-refractivity contribution in [3.8, 4) is 0 Å². The summed E-state index contributed by atoms with van der Waals surface area (Å²) in [5.41, 5.74) is 6.93. The number of rotatable bonds is 6. The molecule has 6 heteroatoms. The van der Waals surface area contributed by atoms with Crippen molar-refractivity contribution < 1.29 is 4.92 Å². The Kier molecular flexibility index (Phi) is 5.54. The predicted molar refractivity (Wildman–Crippen MR) is 86.5 cm³/mol. The van der Waals surface area contributed by atoms with Crippen molar-refractivity contribution in [1.82, 2.24) is 0 Å². The highest BCUT2D eigenvalue weighted by Crippen LogP contribution is 2.28. The smallest absolute Gasteiger partial charge is 0.282 e. The molecule has 0 amide bonds. The average Bonchev–Trinajstić information content (AvgIpc) is 2.35. The third-order valence-corrected chi connectivity index (χ3v) is 3.91. The highest BCUT2D eigenvalue weighted by molar-refractivity contribution is 14.1. The molecule has 0 unspecified atom stereocenters. The van der Waals surface area contributed by atoms with Gasteiger partial charge in [-0.1, -0.05) is 13.8 Å². The van der Waals surface area contributed by atoms with E-state index >= 15 is 0 Å². The number of nitrogens with two attached hydrogens (primary N) is 1. The van der Waals surface area contributed by atoms with Gasteiger partial charge < -0.3 is 10.6 Å². The molecule has 0 fully saturated rings. The highest BCUT2D eigenvalue weighted by atomic mass is 127. The molecule has 5 nitrogen and oxygen atoms in total. The van der Waals surface area contributed by atoms with Gasteiger partial charge >= 0.3 is 0 Å². The zero-order chi connectivity index (χ0) is 14.6. The van der Waals surface area contributed by atoms with E-state index in [9.17, 15) is 10.1 Å². The summed E-state index contributed by atoms with van der Waals surface area (Å²) in [6.07, 6.45) is 0. The zero-order valence-corrected chi connectivity index (χ0v) is 13.7. The first-order chi connectivity index (χ1) is 8.80. The maximum atomic E-state index is 10.8. The molecule has 1 rings (SSSR count). The maximum absolute atomic E-state index is 10.8. The lowest BCUT2D eigenvalue weighted by Crippen LogP contribution is -2.38. The first kappa shape index (κ1) is 16.2. The number of nitro groups is 1. The van der Waals surface area contributed by atoms with E-state index in [1.807, 2.05) is 28.7 Å². The normalized spacial score (nSPS) is 11.4. The molecular weight excluding hydrogens is 357 g/mol. The monoisotopic (exact) mass is 377 g/mol. The number of nitro benzene ring substituents is 1. The lowest BCUT2D eigenvalue weighted by Gasteiger charge is -2.32. The molecular formula is C13H20IN3O2. The van der Waals surface area contributed by atoms with Gasteiger partial charge in [0.25, 0.3) is 5.69 Å². The van der Waals surface area contributed by atoms with Gasteiger partial charge in [0.1, 0.15) is 0 Å². The summed E-state index contributed by atoms with van der Waals surface area (Å²) in [6, 6.07) is 5.22. The number of hydrogen-bond donors (Lipinski definition) is 1. The first-order valence-corrected chi connectivity index (χ1v) is 7.27. The van der Waals surface area contributed by atoms with Crippen LogP contribution in [0.3, 0.4) is 0 Å². The van der Waals surface area contributed by atoms with E-state index in [4.69, 9.17) is 5.73 Å². The molecule has 0 aliphatic rings. The molecule has 0 aliphatic carbocycles. The fourth-order valence-corrected chi connectivity index (χ4v) is 2.50. The van der Waals surface area contributed by atoms with E-state index in [-0.39, 0.29) is 16.0 Å². The van der Waals surface area contributed by atoms with Gasteiger partial charge in [-0.05, 0) is 53.6 Å². The summed E-state index contributed by atoms with van der Waals surface area (Å²) in [4.78, 5) is 12.7. The van der Waals surface area contributed by atoms with Gasteiger partial charge in [0.15, 0.2) is 0 Å². The van der Waals surface area contributed by atoms with Crippen LogP contribution in [0.15, 0.2) is 18.2 Å². The molecule has 0 atom stereocenters. The third-order valence-electron chi connectivity index (χ3n) is 3.05. The van der Waals surface area contributed by atoms with E-state index in [1.54, 1.807) is 12.1 Å². The number of halogens is 1. The Morgan fingerprint density at radius 1 is 1.47 bits per heavy atom. The van der Waals surface area contributed by atoms with Crippen molar-refractivity contribution in [1.29, 1.82) is 0 Å². The summed E-state index contributed by atoms with van der Waals surface area (Å²) in [6.45, 7) is 8.58. The van der Waals surface area contributed by atoms with Crippen molar-refractivity contribution in [2.45, 2.75) is 20.8 Å². The van der Waals surface area contributed by atoms with Crippen LogP contribution < -0.4 is 10.6 Å². The van der Waals surface area contributed by atoms with Gasteiger partial charge in [-0.25, -0.2) is 0 Å².